The summed E-state index contributed by atoms with van der Waals surface area (Å²) >= 11 is 3.41. The van der Waals surface area contributed by atoms with Gasteiger partial charge >= 0.3 is 0 Å². The molecule has 0 aliphatic carbocycles. The average molecular weight is 316 g/mol. The first-order valence-corrected chi connectivity index (χ1v) is 7.99. The van der Waals surface area contributed by atoms with Crippen LogP contribution < -0.4 is 0 Å². The van der Waals surface area contributed by atoms with Gasteiger partial charge in [0.1, 0.15) is 0 Å². The maximum absolute atomic E-state index is 11.6. The predicted molar refractivity (Wildman–Crippen MR) is 72.1 cm³/mol. The normalized spacial score (nSPS) is 17.1. The van der Waals surface area contributed by atoms with E-state index in [2.05, 4.69) is 20.9 Å². The highest BCUT2D eigenvalue weighted by Gasteiger charge is 2.20. The van der Waals surface area contributed by atoms with Gasteiger partial charge in [0.05, 0.1) is 11.5 Å². The highest BCUT2D eigenvalue weighted by Crippen LogP contribution is 2.18. The van der Waals surface area contributed by atoms with Crippen molar-refractivity contribution in [3.8, 4) is 0 Å². The van der Waals surface area contributed by atoms with Crippen LogP contribution in [0.5, 0.6) is 0 Å². The Balaban J connectivity index is 2.66. The number of sulfone groups is 1. The zero-order chi connectivity index (χ0) is 12.5. The van der Waals surface area contributed by atoms with Crippen LogP contribution in [0.4, 0.5) is 0 Å². The molecule has 17 heavy (non-hydrogen) atoms. The number of halogens is 1. The predicted octanol–water partition coefficient (Wildman–Crippen LogP) is 2.68. The van der Waals surface area contributed by atoms with Crippen molar-refractivity contribution in [2.45, 2.75) is 19.1 Å². The first-order chi connectivity index (χ1) is 7.96. The lowest BCUT2D eigenvalue weighted by Gasteiger charge is -2.14. The molecule has 5 heteroatoms. The van der Waals surface area contributed by atoms with Crippen LogP contribution >= 0.6 is 15.9 Å². The molecule has 0 saturated carbocycles. The first-order valence-electron chi connectivity index (χ1n) is 5.38. The standard InChI is InChI=1S/C12H14BrNO2S/c1-9-2-4-11(13)5-3-10-8-17(15,16)7-6-12(10)14-9/h2-5,14H,6-8H2,1H3. The van der Waals surface area contributed by atoms with E-state index in [1.165, 1.54) is 0 Å². The van der Waals surface area contributed by atoms with Gasteiger partial charge in [-0.15, -0.1) is 0 Å². The Kier molecular flexibility index (Phi) is 3.58. The van der Waals surface area contributed by atoms with E-state index in [-0.39, 0.29) is 11.5 Å². The van der Waals surface area contributed by atoms with Crippen molar-refractivity contribution in [3.63, 3.8) is 0 Å². The Morgan fingerprint density at radius 2 is 1.94 bits per heavy atom. The van der Waals surface area contributed by atoms with E-state index in [1.807, 2.05) is 31.2 Å². The van der Waals surface area contributed by atoms with Crippen LogP contribution in [-0.2, 0) is 22.0 Å². The third-order valence-corrected chi connectivity index (χ3v) is 4.82. The van der Waals surface area contributed by atoms with Crippen molar-refractivity contribution in [1.29, 1.82) is 0 Å². The molecule has 0 aromatic carbocycles. The second-order valence-electron chi connectivity index (χ2n) is 4.21. The molecule has 0 unspecified atom stereocenters. The first kappa shape index (κ1) is 12.6. The quantitative estimate of drug-likeness (QED) is 0.800. The molecule has 0 radical (unpaired) electrons. The van der Waals surface area contributed by atoms with Crippen LogP contribution in [0, 0.1) is 6.92 Å². The van der Waals surface area contributed by atoms with E-state index in [0.717, 1.165) is 21.4 Å². The number of nitrogens with one attached hydrogen (secondary N) is 1. The van der Waals surface area contributed by atoms with Crippen LogP contribution in [0.3, 0.4) is 0 Å². The number of hydrogen-bond acceptors (Lipinski definition) is 2. The summed E-state index contributed by atoms with van der Waals surface area (Å²) < 4.78 is 24.2. The maximum atomic E-state index is 11.6. The highest BCUT2D eigenvalue weighted by atomic mass is 79.9. The van der Waals surface area contributed by atoms with Crippen LogP contribution in [0.25, 0.3) is 0 Å². The van der Waals surface area contributed by atoms with Gasteiger partial charge in [-0.25, -0.2) is 8.42 Å². The molecule has 0 fully saturated rings. The summed E-state index contributed by atoms with van der Waals surface area (Å²) in [5.41, 5.74) is 2.88. The number of hydrogen-bond donors (Lipinski definition) is 1. The SMILES string of the molecule is Cc1ccc(Br)ccc2c([nH]1)CCS(=O)(=O)C2. The second-order valence-corrected chi connectivity index (χ2v) is 7.31. The van der Waals surface area contributed by atoms with Crippen molar-refractivity contribution in [3.05, 3.63) is 45.7 Å². The van der Waals surface area contributed by atoms with Crippen LogP contribution in [0.15, 0.2) is 28.7 Å². The van der Waals surface area contributed by atoms with E-state index in [1.54, 1.807) is 0 Å². The fourth-order valence-corrected chi connectivity index (χ4v) is 3.49. The summed E-state index contributed by atoms with van der Waals surface area (Å²) in [7, 11) is -2.93. The molecular formula is C12H14BrNO2S. The van der Waals surface area contributed by atoms with Crippen molar-refractivity contribution in [2.75, 3.05) is 5.75 Å². The second kappa shape index (κ2) is 4.82. The summed E-state index contributed by atoms with van der Waals surface area (Å²) in [6.07, 6.45) is 0.560. The summed E-state index contributed by atoms with van der Waals surface area (Å²) in [6, 6.07) is 7.65. The molecular weight excluding hydrogens is 302 g/mol. The minimum atomic E-state index is -2.93. The van der Waals surface area contributed by atoms with Gasteiger partial charge in [-0.3, -0.25) is 0 Å². The molecule has 0 amide bonds. The molecule has 2 rings (SSSR count). The Morgan fingerprint density at radius 1 is 1.24 bits per heavy atom. The molecule has 1 aromatic rings. The number of rotatable bonds is 0. The third kappa shape index (κ3) is 3.33. The van der Waals surface area contributed by atoms with E-state index < -0.39 is 9.84 Å². The summed E-state index contributed by atoms with van der Waals surface area (Å²) in [5.74, 6) is 0.355. The molecule has 0 atom stereocenters. The van der Waals surface area contributed by atoms with Crippen molar-refractivity contribution in [1.82, 2.24) is 4.98 Å². The van der Waals surface area contributed by atoms with Crippen molar-refractivity contribution in [2.24, 2.45) is 0 Å². The van der Waals surface area contributed by atoms with Crippen molar-refractivity contribution < 1.29 is 8.42 Å². The lowest BCUT2D eigenvalue weighted by atomic mass is 10.2. The molecule has 2 heterocycles. The van der Waals surface area contributed by atoms with Gasteiger partial charge in [-0.05, 0) is 30.7 Å². The van der Waals surface area contributed by atoms with Gasteiger partial charge < -0.3 is 4.98 Å². The molecule has 3 nitrogen and oxygen atoms in total. The number of aryl methyl sites for hydroxylation is 2. The fraction of sp³-hybridized carbons (Fsp3) is 0.333. The van der Waals surface area contributed by atoms with E-state index in [4.69, 9.17) is 0 Å². The Hall–Kier alpha value is -0.810. The van der Waals surface area contributed by atoms with Gasteiger partial charge in [0.25, 0.3) is 0 Å². The smallest absolute Gasteiger partial charge is 0.154 e. The van der Waals surface area contributed by atoms with E-state index in [0.29, 0.717) is 6.42 Å². The highest BCUT2D eigenvalue weighted by molar-refractivity contribution is 9.10. The van der Waals surface area contributed by atoms with Gasteiger partial charge in [0.15, 0.2) is 9.84 Å². The van der Waals surface area contributed by atoms with Crippen molar-refractivity contribution >= 4 is 25.8 Å². The zero-order valence-corrected chi connectivity index (χ0v) is 11.9. The van der Waals surface area contributed by atoms with Gasteiger partial charge in [0, 0.05) is 22.3 Å². The van der Waals surface area contributed by atoms with Gasteiger partial charge in [0.2, 0.25) is 0 Å². The molecule has 1 aromatic heterocycles. The van der Waals surface area contributed by atoms with Gasteiger partial charge in [-0.2, -0.15) is 0 Å². The molecule has 92 valence electrons. The lowest BCUT2D eigenvalue weighted by molar-refractivity contribution is 0.590. The minimum Gasteiger partial charge on any atom is -0.362 e. The third-order valence-electron chi connectivity index (χ3n) is 2.71. The average Bonchev–Trinajstić information content (AvgIpc) is 2.31. The zero-order valence-electron chi connectivity index (χ0n) is 9.53. The molecule has 0 spiro atoms. The molecule has 1 aliphatic rings. The summed E-state index contributed by atoms with van der Waals surface area (Å²) in [6.45, 7) is 1.97. The van der Waals surface area contributed by atoms with Crippen LogP contribution in [0.2, 0.25) is 0 Å². The summed E-state index contributed by atoms with van der Waals surface area (Å²) in [5, 5.41) is 0. The fourth-order valence-electron chi connectivity index (χ4n) is 1.83. The Morgan fingerprint density at radius 3 is 2.71 bits per heavy atom. The molecule has 0 saturated heterocycles. The lowest BCUT2D eigenvalue weighted by Crippen LogP contribution is -2.19. The largest absolute Gasteiger partial charge is 0.362 e. The summed E-state index contributed by atoms with van der Waals surface area (Å²) in [4.78, 5) is 3.28. The Labute approximate surface area is 110 Å². The number of aromatic nitrogens is 1. The Bertz CT molecular complexity index is 589. The van der Waals surface area contributed by atoms with E-state index >= 15 is 0 Å². The van der Waals surface area contributed by atoms with Crippen LogP contribution in [0.1, 0.15) is 17.0 Å². The molecule has 1 aliphatic heterocycles. The molecule has 1 N–H and O–H groups in total. The number of aromatic amines is 1. The number of fused-ring (bicyclic) bond motifs is 1. The van der Waals surface area contributed by atoms with Gasteiger partial charge in [-0.1, -0.05) is 22.0 Å². The monoisotopic (exact) mass is 315 g/mol. The van der Waals surface area contributed by atoms with Crippen LogP contribution in [-0.4, -0.2) is 19.2 Å². The molecule has 0 bridgehead atoms. The topological polar surface area (TPSA) is 49.9 Å². The minimum absolute atomic E-state index is 0.124. The maximum Gasteiger partial charge on any atom is 0.154 e. The number of H-pyrrole nitrogens is 1. The van der Waals surface area contributed by atoms with E-state index in [9.17, 15) is 8.42 Å².